The monoisotopic (exact) mass is 938 g/mol. The average Bonchev–Trinajstić information content (AvgIpc) is 3.34. The van der Waals surface area contributed by atoms with E-state index in [1.165, 1.54) is 128 Å². The predicted octanol–water partition coefficient (Wildman–Crippen LogP) is 19.0. The Balaban J connectivity index is 3.64. The molecule has 1 amide bonds. The van der Waals surface area contributed by atoms with E-state index in [1.54, 1.807) is 6.08 Å². The molecule has 0 saturated carbocycles. The fraction of sp³-hybridized carbons (Fsp3) is 0.641. The normalized spacial score (nSPS) is 13.9. The van der Waals surface area contributed by atoms with Crippen LogP contribution in [-0.2, 0) is 4.79 Å². The number of nitrogens with one attached hydrogen (secondary N) is 1. The molecule has 4 nitrogen and oxygen atoms in total. The van der Waals surface area contributed by atoms with Crippen LogP contribution < -0.4 is 5.32 Å². The zero-order valence-corrected chi connectivity index (χ0v) is 44.3. The molecule has 0 aromatic carbocycles. The Hall–Kier alpha value is -3.47. The summed E-state index contributed by atoms with van der Waals surface area (Å²) in [6.07, 6.45) is 90.3. The lowest BCUT2D eigenvalue weighted by Gasteiger charge is -2.19. The van der Waals surface area contributed by atoms with Crippen LogP contribution in [0.1, 0.15) is 245 Å². The Kier molecular flexibility index (Phi) is 54.9. The van der Waals surface area contributed by atoms with E-state index in [4.69, 9.17) is 0 Å². The maximum atomic E-state index is 12.5. The van der Waals surface area contributed by atoms with Gasteiger partial charge >= 0.3 is 0 Å². The van der Waals surface area contributed by atoms with Crippen LogP contribution in [0.15, 0.2) is 134 Å². The lowest BCUT2D eigenvalue weighted by Crippen LogP contribution is -2.45. The van der Waals surface area contributed by atoms with Gasteiger partial charge in [-0.25, -0.2) is 0 Å². The summed E-state index contributed by atoms with van der Waals surface area (Å²) in [5, 5.41) is 23.1. The first-order chi connectivity index (χ1) is 33.7. The highest BCUT2D eigenvalue weighted by molar-refractivity contribution is 5.76. The average molecular weight is 939 g/mol. The molecule has 3 N–H and O–H groups in total. The molecular weight excluding hydrogens is 831 g/mol. The predicted molar refractivity (Wildman–Crippen MR) is 303 cm³/mol. The van der Waals surface area contributed by atoms with Crippen molar-refractivity contribution in [3.05, 3.63) is 134 Å². The molecule has 0 spiro atoms. The number of allylic oxidation sites excluding steroid dienone is 21. The first-order valence-electron chi connectivity index (χ1n) is 28.4. The third-order valence-electron chi connectivity index (χ3n) is 12.1. The van der Waals surface area contributed by atoms with Gasteiger partial charge in [-0.15, -0.1) is 0 Å². The van der Waals surface area contributed by atoms with Crippen molar-refractivity contribution in [2.45, 2.75) is 257 Å². The minimum absolute atomic E-state index is 0.0850. The third-order valence-corrected chi connectivity index (χ3v) is 12.1. The van der Waals surface area contributed by atoms with Crippen LogP contribution in [0.4, 0.5) is 0 Å². The molecule has 68 heavy (non-hydrogen) atoms. The maximum absolute atomic E-state index is 12.5. The van der Waals surface area contributed by atoms with Crippen LogP contribution in [0, 0.1) is 0 Å². The van der Waals surface area contributed by atoms with Crippen LogP contribution in [0.2, 0.25) is 0 Å². The second-order valence-electron chi connectivity index (χ2n) is 18.6. The number of rotatable bonds is 50. The Morgan fingerprint density at radius 3 is 1.03 bits per heavy atom. The summed E-state index contributed by atoms with van der Waals surface area (Å²) in [4.78, 5) is 12.5. The van der Waals surface area contributed by atoms with Crippen molar-refractivity contribution >= 4 is 5.91 Å². The van der Waals surface area contributed by atoms with Gasteiger partial charge in [0.1, 0.15) is 0 Å². The SMILES string of the molecule is CC/C=C\C/C=C\C/C=C\C/C=C\C/C=C\C/C=C\C/C=C\C/C=C\C/C=C\CCCCCCCCCCCC(=O)NC(CO)C(O)/C=C/CC/C=C/CCCCCCCCCCCCCCC. The highest BCUT2D eigenvalue weighted by Crippen LogP contribution is 2.14. The molecule has 0 saturated heterocycles. The minimum atomic E-state index is -0.874. The number of carbonyl (C=O) groups is 1. The molecule has 4 heteroatoms. The second-order valence-corrected chi connectivity index (χ2v) is 18.6. The summed E-state index contributed by atoms with van der Waals surface area (Å²) in [6.45, 7) is 4.18. The van der Waals surface area contributed by atoms with Crippen molar-refractivity contribution < 1.29 is 15.0 Å². The molecule has 386 valence electrons. The zero-order valence-electron chi connectivity index (χ0n) is 44.3. The topological polar surface area (TPSA) is 69.6 Å². The van der Waals surface area contributed by atoms with Crippen molar-refractivity contribution in [3.63, 3.8) is 0 Å². The van der Waals surface area contributed by atoms with Gasteiger partial charge in [-0.1, -0.05) is 270 Å². The number of amides is 1. The van der Waals surface area contributed by atoms with E-state index in [2.05, 4.69) is 141 Å². The molecule has 0 aliphatic carbocycles. The Morgan fingerprint density at radius 2 is 0.662 bits per heavy atom. The summed E-state index contributed by atoms with van der Waals surface area (Å²) in [5.74, 6) is -0.0850. The quantitative estimate of drug-likeness (QED) is 0.0420. The Bertz CT molecular complexity index is 1390. The van der Waals surface area contributed by atoms with Crippen molar-refractivity contribution in [1.82, 2.24) is 5.32 Å². The standard InChI is InChI=1S/C64H107NO3/c1-3-5-7-9-11-13-15-17-19-21-23-24-25-26-27-28-29-30-31-32-33-34-35-36-37-38-39-40-42-44-46-48-50-52-54-56-58-60-64(68)65-62(61-66)63(67)59-57-55-53-51-49-47-45-43-41-22-20-18-16-14-12-10-8-6-4-2/h5,7,11,13,17,19,23-24,26-27,29-30,32-33,35-36,38-39,49,51,57,59,62-63,66-67H,3-4,6,8-10,12,14-16,18,20-22,25,28,31,34,37,40-48,50,52-56,58,60-61H2,1-2H3,(H,65,68)/b7-5-,13-11-,19-17-,24-23-,27-26-,30-29-,33-32-,36-35-,39-38-,51-49+,59-57+. The molecule has 0 fully saturated rings. The van der Waals surface area contributed by atoms with E-state index in [1.807, 2.05) is 6.08 Å². The van der Waals surface area contributed by atoms with E-state index in [0.29, 0.717) is 6.42 Å². The molecule has 0 bridgehead atoms. The summed E-state index contributed by atoms with van der Waals surface area (Å²) >= 11 is 0. The van der Waals surface area contributed by atoms with Gasteiger partial charge in [0, 0.05) is 6.42 Å². The number of hydrogen-bond donors (Lipinski definition) is 3. The number of unbranched alkanes of at least 4 members (excludes halogenated alkanes) is 23. The van der Waals surface area contributed by atoms with Crippen LogP contribution >= 0.6 is 0 Å². The van der Waals surface area contributed by atoms with Crippen molar-refractivity contribution in [1.29, 1.82) is 0 Å². The van der Waals surface area contributed by atoms with Crippen LogP contribution in [0.5, 0.6) is 0 Å². The first-order valence-corrected chi connectivity index (χ1v) is 28.4. The summed E-state index contributed by atoms with van der Waals surface area (Å²) in [7, 11) is 0. The van der Waals surface area contributed by atoms with Gasteiger partial charge in [0.15, 0.2) is 0 Å². The number of aliphatic hydroxyl groups is 2. The summed E-state index contributed by atoms with van der Waals surface area (Å²) in [5.41, 5.74) is 0. The van der Waals surface area contributed by atoms with Crippen LogP contribution in [0.25, 0.3) is 0 Å². The molecule has 2 unspecified atom stereocenters. The Labute approximate surface area is 421 Å². The molecule has 0 aromatic heterocycles. The first kappa shape index (κ1) is 64.5. The fourth-order valence-corrected chi connectivity index (χ4v) is 7.83. The van der Waals surface area contributed by atoms with Gasteiger partial charge in [-0.2, -0.15) is 0 Å². The van der Waals surface area contributed by atoms with E-state index in [9.17, 15) is 15.0 Å². The lowest BCUT2D eigenvalue weighted by atomic mass is 10.0. The van der Waals surface area contributed by atoms with E-state index >= 15 is 0 Å². The van der Waals surface area contributed by atoms with Gasteiger partial charge < -0.3 is 15.5 Å². The highest BCUT2D eigenvalue weighted by Gasteiger charge is 2.17. The molecule has 0 aliphatic rings. The van der Waals surface area contributed by atoms with Gasteiger partial charge in [0.25, 0.3) is 0 Å². The van der Waals surface area contributed by atoms with Gasteiger partial charge in [-0.05, 0) is 103 Å². The van der Waals surface area contributed by atoms with E-state index in [0.717, 1.165) is 96.3 Å². The van der Waals surface area contributed by atoms with Crippen LogP contribution in [-0.4, -0.2) is 34.9 Å². The fourth-order valence-electron chi connectivity index (χ4n) is 7.83. The lowest BCUT2D eigenvalue weighted by molar-refractivity contribution is -0.123. The van der Waals surface area contributed by atoms with Gasteiger partial charge in [-0.3, -0.25) is 4.79 Å². The van der Waals surface area contributed by atoms with Crippen molar-refractivity contribution in [2.75, 3.05) is 6.61 Å². The Morgan fingerprint density at radius 1 is 0.368 bits per heavy atom. The molecule has 2 atom stereocenters. The van der Waals surface area contributed by atoms with Crippen molar-refractivity contribution in [3.8, 4) is 0 Å². The van der Waals surface area contributed by atoms with E-state index < -0.39 is 12.1 Å². The number of carbonyl (C=O) groups excluding carboxylic acids is 1. The maximum Gasteiger partial charge on any atom is 0.220 e. The number of aliphatic hydroxyl groups excluding tert-OH is 2. The molecule has 0 heterocycles. The molecular formula is C64H107NO3. The van der Waals surface area contributed by atoms with Gasteiger partial charge in [0.2, 0.25) is 5.91 Å². The van der Waals surface area contributed by atoms with Gasteiger partial charge in [0.05, 0.1) is 18.8 Å². The zero-order chi connectivity index (χ0) is 49.2. The minimum Gasteiger partial charge on any atom is -0.394 e. The smallest absolute Gasteiger partial charge is 0.220 e. The summed E-state index contributed by atoms with van der Waals surface area (Å²) in [6, 6.07) is -0.652. The molecule has 0 rings (SSSR count). The molecule has 0 aliphatic heterocycles. The molecule has 0 radical (unpaired) electrons. The third kappa shape index (κ3) is 53.5. The van der Waals surface area contributed by atoms with E-state index in [-0.39, 0.29) is 12.5 Å². The largest absolute Gasteiger partial charge is 0.394 e. The van der Waals surface area contributed by atoms with Crippen LogP contribution in [0.3, 0.4) is 0 Å². The second kappa shape index (κ2) is 57.8. The summed E-state index contributed by atoms with van der Waals surface area (Å²) < 4.78 is 0. The highest BCUT2D eigenvalue weighted by atomic mass is 16.3. The molecule has 0 aromatic rings. The number of hydrogen-bond acceptors (Lipinski definition) is 3. The van der Waals surface area contributed by atoms with Crippen molar-refractivity contribution in [2.24, 2.45) is 0 Å².